The van der Waals surface area contributed by atoms with Crippen LogP contribution >= 0.6 is 0 Å². The molecule has 7 heteroatoms. The average molecular weight is 388 g/mol. The van der Waals surface area contributed by atoms with Crippen LogP contribution in [0.4, 0.5) is 0 Å². The van der Waals surface area contributed by atoms with E-state index in [2.05, 4.69) is 15.4 Å². The lowest BCUT2D eigenvalue weighted by Gasteiger charge is -2.32. The molecule has 2 aromatic heterocycles. The summed E-state index contributed by atoms with van der Waals surface area (Å²) in [6, 6.07) is 15.5. The van der Waals surface area contributed by atoms with Crippen LogP contribution in [-0.4, -0.2) is 45.4 Å². The number of carbonyl (C=O) groups excluding carboxylic acids is 1. The molecule has 0 atom stereocenters. The van der Waals surface area contributed by atoms with Gasteiger partial charge in [0, 0.05) is 42.1 Å². The number of aromatic nitrogens is 3. The van der Waals surface area contributed by atoms with Gasteiger partial charge in [-0.2, -0.15) is 5.10 Å². The molecule has 1 aliphatic heterocycles. The zero-order valence-corrected chi connectivity index (χ0v) is 15.8. The normalized spacial score (nSPS) is 15.1. The van der Waals surface area contributed by atoms with Gasteiger partial charge in [-0.25, -0.2) is 0 Å². The second kappa shape index (κ2) is 7.50. The van der Waals surface area contributed by atoms with E-state index in [1.165, 1.54) is 0 Å². The zero-order valence-electron chi connectivity index (χ0n) is 15.8. The van der Waals surface area contributed by atoms with E-state index in [-0.39, 0.29) is 18.4 Å². The van der Waals surface area contributed by atoms with E-state index in [1.807, 2.05) is 53.4 Å². The summed E-state index contributed by atoms with van der Waals surface area (Å²) < 4.78 is 11.4. The number of piperidine rings is 1. The maximum atomic E-state index is 12.7. The summed E-state index contributed by atoms with van der Waals surface area (Å²) >= 11 is 0. The summed E-state index contributed by atoms with van der Waals surface area (Å²) in [4.78, 5) is 14.6. The Morgan fingerprint density at radius 2 is 1.83 bits per heavy atom. The first kappa shape index (κ1) is 17.6. The number of rotatable bonds is 4. The number of para-hydroxylation sites is 1. The summed E-state index contributed by atoms with van der Waals surface area (Å²) in [6.07, 6.45) is 3.52. The smallest absolute Gasteiger partial charge is 0.241 e. The zero-order chi connectivity index (χ0) is 19.6. The monoisotopic (exact) mass is 388 g/mol. The molecule has 0 bridgehead atoms. The SMILES string of the molecule is O=C(Cc1noc2ccccc12)N1CCC(Oc2nncc3ccccc23)CC1. The second-order valence-corrected chi connectivity index (χ2v) is 7.24. The Balaban J connectivity index is 1.21. The largest absolute Gasteiger partial charge is 0.473 e. The van der Waals surface area contributed by atoms with Crippen LogP contribution < -0.4 is 4.74 Å². The minimum Gasteiger partial charge on any atom is -0.473 e. The highest BCUT2D eigenvalue weighted by Crippen LogP contribution is 2.25. The van der Waals surface area contributed by atoms with Crippen molar-refractivity contribution < 1.29 is 14.1 Å². The van der Waals surface area contributed by atoms with Crippen LogP contribution in [0.2, 0.25) is 0 Å². The second-order valence-electron chi connectivity index (χ2n) is 7.24. The Kier molecular flexibility index (Phi) is 4.56. The summed E-state index contributed by atoms with van der Waals surface area (Å²) in [5, 5.41) is 15.1. The first-order valence-corrected chi connectivity index (χ1v) is 9.76. The Hall–Kier alpha value is -3.48. The molecule has 2 aromatic carbocycles. The molecule has 0 spiro atoms. The number of amides is 1. The van der Waals surface area contributed by atoms with E-state index in [0.717, 1.165) is 29.0 Å². The number of nitrogens with zero attached hydrogens (tertiary/aromatic N) is 4. The number of likely N-dealkylation sites (tertiary alicyclic amines) is 1. The van der Waals surface area contributed by atoms with E-state index < -0.39 is 0 Å². The lowest BCUT2D eigenvalue weighted by Crippen LogP contribution is -2.42. The third-order valence-electron chi connectivity index (χ3n) is 5.38. The Labute approximate surface area is 167 Å². The number of hydrogen-bond acceptors (Lipinski definition) is 6. The minimum absolute atomic E-state index is 0.0204. The van der Waals surface area contributed by atoms with Gasteiger partial charge in [-0.05, 0) is 18.2 Å². The molecule has 4 aromatic rings. The molecular formula is C22H20N4O3. The van der Waals surface area contributed by atoms with E-state index in [9.17, 15) is 4.79 Å². The van der Waals surface area contributed by atoms with E-state index >= 15 is 0 Å². The van der Waals surface area contributed by atoms with Gasteiger partial charge >= 0.3 is 0 Å². The molecule has 1 fully saturated rings. The standard InChI is InChI=1S/C22H20N4O3/c27-21(13-19-18-7-3-4-8-20(18)29-25-19)26-11-9-16(10-12-26)28-22-17-6-2-1-5-15(17)14-23-24-22/h1-8,14,16H,9-13H2. The molecule has 29 heavy (non-hydrogen) atoms. The van der Waals surface area contributed by atoms with Crippen molar-refractivity contribution in [2.24, 2.45) is 0 Å². The fourth-order valence-electron chi connectivity index (χ4n) is 3.79. The molecule has 7 nitrogen and oxygen atoms in total. The Morgan fingerprint density at radius 1 is 1.07 bits per heavy atom. The predicted octanol–water partition coefficient (Wildman–Crippen LogP) is 3.38. The molecule has 1 aliphatic rings. The molecule has 3 heterocycles. The number of benzene rings is 2. The van der Waals surface area contributed by atoms with Crippen molar-refractivity contribution in [3.63, 3.8) is 0 Å². The number of fused-ring (bicyclic) bond motifs is 2. The van der Waals surface area contributed by atoms with Crippen molar-refractivity contribution in [2.75, 3.05) is 13.1 Å². The van der Waals surface area contributed by atoms with Crippen molar-refractivity contribution in [3.05, 3.63) is 60.4 Å². The summed E-state index contributed by atoms with van der Waals surface area (Å²) in [6.45, 7) is 1.30. The highest BCUT2D eigenvalue weighted by atomic mass is 16.5. The minimum atomic E-state index is 0.0204. The molecule has 5 rings (SSSR count). The number of ether oxygens (including phenoxy) is 1. The molecule has 1 saturated heterocycles. The number of hydrogen-bond donors (Lipinski definition) is 0. The van der Waals surface area contributed by atoms with Crippen LogP contribution in [0.3, 0.4) is 0 Å². The Bertz CT molecular complexity index is 1160. The van der Waals surface area contributed by atoms with Crippen LogP contribution in [-0.2, 0) is 11.2 Å². The van der Waals surface area contributed by atoms with Gasteiger partial charge in [0.05, 0.1) is 12.6 Å². The molecular weight excluding hydrogens is 368 g/mol. The van der Waals surface area contributed by atoms with Gasteiger partial charge < -0.3 is 14.2 Å². The van der Waals surface area contributed by atoms with Crippen LogP contribution in [0.5, 0.6) is 5.88 Å². The van der Waals surface area contributed by atoms with Gasteiger partial charge in [-0.1, -0.05) is 35.5 Å². The highest BCUT2D eigenvalue weighted by Gasteiger charge is 2.26. The van der Waals surface area contributed by atoms with Gasteiger partial charge in [0.25, 0.3) is 0 Å². The lowest BCUT2D eigenvalue weighted by molar-refractivity contribution is -0.132. The first-order valence-electron chi connectivity index (χ1n) is 9.76. The topological polar surface area (TPSA) is 81.4 Å². The van der Waals surface area contributed by atoms with Crippen LogP contribution in [0.15, 0.2) is 59.3 Å². The molecule has 0 saturated carbocycles. The van der Waals surface area contributed by atoms with E-state index in [1.54, 1.807) is 6.20 Å². The van der Waals surface area contributed by atoms with Gasteiger partial charge in [0.15, 0.2) is 5.58 Å². The Morgan fingerprint density at radius 3 is 2.69 bits per heavy atom. The highest BCUT2D eigenvalue weighted by molar-refractivity contribution is 5.87. The lowest BCUT2D eigenvalue weighted by atomic mass is 10.1. The van der Waals surface area contributed by atoms with Crippen molar-refractivity contribution in [2.45, 2.75) is 25.4 Å². The maximum Gasteiger partial charge on any atom is 0.241 e. The summed E-state index contributed by atoms with van der Waals surface area (Å²) in [5.41, 5.74) is 1.40. The van der Waals surface area contributed by atoms with Crippen LogP contribution in [0.1, 0.15) is 18.5 Å². The molecule has 1 amide bonds. The number of carbonyl (C=O) groups is 1. The van der Waals surface area contributed by atoms with Crippen molar-refractivity contribution >= 4 is 27.6 Å². The van der Waals surface area contributed by atoms with E-state index in [4.69, 9.17) is 9.26 Å². The van der Waals surface area contributed by atoms with E-state index in [0.29, 0.717) is 30.2 Å². The third-order valence-corrected chi connectivity index (χ3v) is 5.38. The van der Waals surface area contributed by atoms with Crippen LogP contribution in [0, 0.1) is 0 Å². The summed E-state index contributed by atoms with van der Waals surface area (Å²) in [5.74, 6) is 0.620. The fourth-order valence-corrected chi connectivity index (χ4v) is 3.79. The molecule has 146 valence electrons. The van der Waals surface area contributed by atoms with Gasteiger partial charge in [-0.15, -0.1) is 5.10 Å². The van der Waals surface area contributed by atoms with Gasteiger partial charge in [0.2, 0.25) is 11.8 Å². The fraction of sp³-hybridized carbons (Fsp3) is 0.273. The molecule has 0 unspecified atom stereocenters. The third kappa shape index (κ3) is 3.51. The maximum absolute atomic E-state index is 12.7. The van der Waals surface area contributed by atoms with Crippen molar-refractivity contribution in [3.8, 4) is 5.88 Å². The molecule has 0 radical (unpaired) electrons. The molecule has 0 N–H and O–H groups in total. The summed E-state index contributed by atoms with van der Waals surface area (Å²) in [7, 11) is 0. The first-order chi connectivity index (χ1) is 14.3. The van der Waals surface area contributed by atoms with Gasteiger partial charge in [-0.3, -0.25) is 4.79 Å². The average Bonchev–Trinajstić information content (AvgIpc) is 3.17. The van der Waals surface area contributed by atoms with Crippen LogP contribution in [0.25, 0.3) is 21.7 Å². The van der Waals surface area contributed by atoms with Crippen molar-refractivity contribution in [1.82, 2.24) is 20.3 Å². The predicted molar refractivity (Wildman–Crippen MR) is 107 cm³/mol. The van der Waals surface area contributed by atoms with Gasteiger partial charge in [0.1, 0.15) is 11.8 Å². The van der Waals surface area contributed by atoms with Crippen molar-refractivity contribution in [1.29, 1.82) is 0 Å². The quantitative estimate of drug-likeness (QED) is 0.533. The molecule has 0 aliphatic carbocycles.